The highest BCUT2D eigenvalue weighted by atomic mass is 16.5. The van der Waals surface area contributed by atoms with Crippen molar-refractivity contribution < 1.29 is 23.9 Å². The topological polar surface area (TPSA) is 120 Å². The molecular weight excluding hydrogens is 510 g/mol. The van der Waals surface area contributed by atoms with Crippen molar-refractivity contribution in [1.82, 2.24) is 25.8 Å². The summed E-state index contributed by atoms with van der Waals surface area (Å²) in [5.74, 6) is 5.99. The number of amides is 4. The van der Waals surface area contributed by atoms with Crippen LogP contribution >= 0.6 is 0 Å². The number of carbonyl (C=O) groups excluding carboxylic acids is 4. The predicted octanol–water partition coefficient (Wildman–Crippen LogP) is 1.42. The van der Waals surface area contributed by atoms with E-state index in [0.29, 0.717) is 50.6 Å². The molecule has 1 saturated heterocycles. The lowest BCUT2D eigenvalue weighted by Crippen LogP contribution is -2.42. The smallest absolute Gasteiger partial charge is 0.254 e. The van der Waals surface area contributed by atoms with Gasteiger partial charge in [-0.15, -0.1) is 0 Å². The summed E-state index contributed by atoms with van der Waals surface area (Å²) in [7, 11) is 0. The number of imide groups is 1. The summed E-state index contributed by atoms with van der Waals surface area (Å²) in [6.07, 6.45) is 6.61. The number of rotatable bonds is 17. The number of piperidine rings is 1. The van der Waals surface area contributed by atoms with Gasteiger partial charge in [-0.05, 0) is 76.4 Å². The maximum absolute atomic E-state index is 12.9. The minimum absolute atomic E-state index is 0.0489. The van der Waals surface area contributed by atoms with Gasteiger partial charge in [0.05, 0.1) is 6.61 Å². The number of hydrogen-bond acceptors (Lipinski definition) is 7. The van der Waals surface area contributed by atoms with E-state index in [1.807, 2.05) is 25.1 Å². The standard InChI is InChI=1S/C30H43N5O5/c1-24(10-11-29(38)33-23-37)35-21-28-25(8-4-9-27(28)30(35)39)7-2-3-19-40-20-6-15-31-14-5-16-34-17-12-26(13-18-34)32-22-36/h4,8-9,22-24,26,31H,3,5-6,10-21H2,1H3,(H,32,36)(H,33,37,38). The van der Waals surface area contributed by atoms with Crippen LogP contribution in [-0.2, 0) is 25.7 Å². The zero-order valence-corrected chi connectivity index (χ0v) is 23.6. The van der Waals surface area contributed by atoms with Crippen LogP contribution in [0.1, 0.15) is 73.4 Å². The van der Waals surface area contributed by atoms with Crippen molar-refractivity contribution in [2.45, 2.75) is 70.5 Å². The second kappa shape index (κ2) is 17.4. The van der Waals surface area contributed by atoms with Crippen molar-refractivity contribution in [3.8, 4) is 11.8 Å². The van der Waals surface area contributed by atoms with Gasteiger partial charge in [-0.25, -0.2) is 0 Å². The van der Waals surface area contributed by atoms with Crippen molar-refractivity contribution in [3.05, 3.63) is 34.9 Å². The molecule has 2 aliphatic rings. The molecule has 1 fully saturated rings. The van der Waals surface area contributed by atoms with Crippen molar-refractivity contribution in [2.75, 3.05) is 45.9 Å². The van der Waals surface area contributed by atoms with Gasteiger partial charge in [0.1, 0.15) is 0 Å². The molecule has 1 aromatic carbocycles. The molecule has 0 saturated carbocycles. The van der Waals surface area contributed by atoms with Crippen molar-refractivity contribution in [2.24, 2.45) is 0 Å². The van der Waals surface area contributed by atoms with E-state index in [4.69, 9.17) is 4.74 Å². The van der Waals surface area contributed by atoms with Crippen LogP contribution in [0.15, 0.2) is 18.2 Å². The lowest BCUT2D eigenvalue weighted by Gasteiger charge is -2.31. The fourth-order valence-corrected chi connectivity index (χ4v) is 5.12. The van der Waals surface area contributed by atoms with Crippen molar-refractivity contribution in [3.63, 3.8) is 0 Å². The number of hydrogen-bond donors (Lipinski definition) is 3. The van der Waals surface area contributed by atoms with E-state index >= 15 is 0 Å². The first kappa shape index (κ1) is 31.3. The zero-order chi connectivity index (χ0) is 28.6. The van der Waals surface area contributed by atoms with Gasteiger partial charge in [0.2, 0.25) is 18.7 Å². The Labute approximate surface area is 237 Å². The zero-order valence-electron chi connectivity index (χ0n) is 23.6. The first-order chi connectivity index (χ1) is 19.5. The van der Waals surface area contributed by atoms with E-state index in [-0.39, 0.29) is 24.3 Å². The van der Waals surface area contributed by atoms with Crippen molar-refractivity contribution >= 4 is 24.6 Å². The summed E-state index contributed by atoms with van der Waals surface area (Å²) in [6.45, 7) is 8.76. The summed E-state index contributed by atoms with van der Waals surface area (Å²) in [5, 5.41) is 8.49. The van der Waals surface area contributed by atoms with E-state index in [2.05, 4.69) is 32.7 Å². The SMILES string of the molecule is CC(CCC(=O)NC=O)N1Cc2c(C#CCCOCCCNCCCN3CCC(NC=O)CC3)cccc2C1=O. The van der Waals surface area contributed by atoms with Gasteiger partial charge in [0.15, 0.2) is 0 Å². The lowest BCUT2D eigenvalue weighted by molar-refractivity contribution is -0.125. The van der Waals surface area contributed by atoms with Crippen LogP contribution in [0.2, 0.25) is 0 Å². The van der Waals surface area contributed by atoms with Crippen LogP contribution in [0.3, 0.4) is 0 Å². The second-order valence-electron chi connectivity index (χ2n) is 10.4. The molecule has 1 atom stereocenters. The predicted molar refractivity (Wildman–Crippen MR) is 152 cm³/mol. The maximum atomic E-state index is 12.9. The van der Waals surface area contributed by atoms with Crippen LogP contribution < -0.4 is 16.0 Å². The van der Waals surface area contributed by atoms with Crippen LogP contribution in [-0.4, -0.2) is 92.5 Å². The van der Waals surface area contributed by atoms with Gasteiger partial charge in [-0.1, -0.05) is 17.9 Å². The van der Waals surface area contributed by atoms with Gasteiger partial charge in [-0.3, -0.25) is 24.5 Å². The van der Waals surface area contributed by atoms with E-state index in [1.165, 1.54) is 0 Å². The van der Waals surface area contributed by atoms with Gasteiger partial charge in [-0.2, -0.15) is 0 Å². The Hall–Kier alpha value is -3.26. The van der Waals surface area contributed by atoms with Crippen LogP contribution in [0.5, 0.6) is 0 Å². The first-order valence-corrected chi connectivity index (χ1v) is 14.4. The van der Waals surface area contributed by atoms with E-state index in [1.54, 1.807) is 4.90 Å². The van der Waals surface area contributed by atoms with E-state index in [9.17, 15) is 19.2 Å². The highest BCUT2D eigenvalue weighted by Gasteiger charge is 2.32. The monoisotopic (exact) mass is 553 g/mol. The molecular formula is C30H43N5O5. The summed E-state index contributed by atoms with van der Waals surface area (Å²) in [5.41, 5.74) is 2.44. The maximum Gasteiger partial charge on any atom is 0.254 e. The summed E-state index contributed by atoms with van der Waals surface area (Å²) >= 11 is 0. The molecule has 0 aromatic heterocycles. The molecule has 0 radical (unpaired) electrons. The number of carbonyl (C=O) groups is 4. The largest absolute Gasteiger partial charge is 0.380 e. The Bertz CT molecular complexity index is 1040. The number of nitrogens with one attached hydrogen (secondary N) is 3. The summed E-state index contributed by atoms with van der Waals surface area (Å²) in [6, 6.07) is 5.82. The molecule has 3 rings (SSSR count). The molecule has 2 heterocycles. The molecule has 218 valence electrons. The Morgan fingerprint density at radius 2 is 1.95 bits per heavy atom. The van der Waals surface area contributed by atoms with Crippen molar-refractivity contribution in [1.29, 1.82) is 0 Å². The lowest BCUT2D eigenvalue weighted by atomic mass is 10.0. The molecule has 1 unspecified atom stereocenters. The van der Waals surface area contributed by atoms with Gasteiger partial charge < -0.3 is 25.2 Å². The number of fused-ring (bicyclic) bond motifs is 1. The molecule has 3 N–H and O–H groups in total. The Morgan fingerprint density at radius 1 is 1.15 bits per heavy atom. The first-order valence-electron chi connectivity index (χ1n) is 14.4. The average molecular weight is 554 g/mol. The summed E-state index contributed by atoms with van der Waals surface area (Å²) < 4.78 is 5.73. The van der Waals surface area contributed by atoms with Gasteiger partial charge in [0.25, 0.3) is 5.91 Å². The fraction of sp³-hybridized carbons (Fsp3) is 0.600. The quantitative estimate of drug-likeness (QED) is 0.152. The Balaban J connectivity index is 1.26. The molecule has 0 spiro atoms. The van der Waals surface area contributed by atoms with Gasteiger partial charge in [0, 0.05) is 62.3 Å². The Morgan fingerprint density at radius 3 is 2.73 bits per heavy atom. The minimum Gasteiger partial charge on any atom is -0.380 e. The molecule has 10 nitrogen and oxygen atoms in total. The molecule has 0 aliphatic carbocycles. The average Bonchev–Trinajstić information content (AvgIpc) is 3.30. The molecule has 10 heteroatoms. The second-order valence-corrected chi connectivity index (χ2v) is 10.4. The minimum atomic E-state index is -0.343. The van der Waals surface area contributed by atoms with Crippen LogP contribution in [0.25, 0.3) is 0 Å². The molecule has 4 amide bonds. The van der Waals surface area contributed by atoms with Gasteiger partial charge >= 0.3 is 0 Å². The number of nitrogens with zero attached hydrogens (tertiary/aromatic N) is 2. The normalized spacial score (nSPS) is 16.1. The number of benzene rings is 1. The van der Waals surface area contributed by atoms with E-state index in [0.717, 1.165) is 75.9 Å². The van der Waals surface area contributed by atoms with E-state index < -0.39 is 0 Å². The molecule has 40 heavy (non-hydrogen) atoms. The highest BCUT2D eigenvalue weighted by Crippen LogP contribution is 2.28. The summed E-state index contributed by atoms with van der Waals surface area (Å²) in [4.78, 5) is 49.7. The van der Waals surface area contributed by atoms with Crippen LogP contribution in [0, 0.1) is 11.8 Å². The molecule has 1 aromatic rings. The third-order valence-corrected chi connectivity index (χ3v) is 7.49. The third kappa shape index (κ3) is 10.0. The number of ether oxygens (including phenoxy) is 1. The molecule has 0 bridgehead atoms. The highest BCUT2D eigenvalue weighted by molar-refractivity contribution is 5.99. The third-order valence-electron chi connectivity index (χ3n) is 7.49. The fourth-order valence-electron chi connectivity index (χ4n) is 5.12. The number of likely N-dealkylation sites (tertiary alicyclic amines) is 1. The Kier molecular flexibility index (Phi) is 13.6. The molecule has 2 aliphatic heterocycles. The van der Waals surface area contributed by atoms with Crippen LogP contribution in [0.4, 0.5) is 0 Å².